The van der Waals surface area contributed by atoms with Gasteiger partial charge >= 0.3 is 5.97 Å². The van der Waals surface area contributed by atoms with Crippen LogP contribution in [0.2, 0.25) is 0 Å². The van der Waals surface area contributed by atoms with E-state index in [9.17, 15) is 9.59 Å². The van der Waals surface area contributed by atoms with Crippen molar-refractivity contribution in [3.8, 4) is 5.75 Å². The molecule has 0 unspecified atom stereocenters. The van der Waals surface area contributed by atoms with Gasteiger partial charge in [0.05, 0.1) is 5.56 Å². The molecule has 1 aliphatic carbocycles. The number of aromatic carboxylic acids is 1. The Balaban J connectivity index is 1.83. The zero-order valence-electron chi connectivity index (χ0n) is 12.2. The van der Waals surface area contributed by atoms with Crippen LogP contribution in [-0.2, 0) is 4.79 Å². The molecule has 1 aliphatic rings. The molecule has 0 heterocycles. The van der Waals surface area contributed by atoms with Crippen LogP contribution in [0, 0.1) is 6.92 Å². The molecule has 1 aromatic carbocycles. The number of carbonyl (C=O) groups excluding carboxylic acids is 1. The van der Waals surface area contributed by atoms with E-state index in [0.29, 0.717) is 11.3 Å². The van der Waals surface area contributed by atoms with Crippen molar-refractivity contribution < 1.29 is 19.4 Å². The Morgan fingerprint density at radius 1 is 1.29 bits per heavy atom. The minimum Gasteiger partial charge on any atom is -0.484 e. The number of carbonyl (C=O) groups is 2. The Hall–Kier alpha value is -2.04. The molecule has 0 radical (unpaired) electrons. The Morgan fingerprint density at radius 2 is 2.00 bits per heavy atom. The quantitative estimate of drug-likeness (QED) is 0.874. The molecule has 2 N–H and O–H groups in total. The first-order valence-corrected chi connectivity index (χ1v) is 7.32. The third-order valence-corrected chi connectivity index (χ3v) is 3.77. The van der Waals surface area contributed by atoms with E-state index in [1.54, 1.807) is 19.1 Å². The zero-order chi connectivity index (χ0) is 15.2. The van der Waals surface area contributed by atoms with E-state index in [1.807, 2.05) is 0 Å². The summed E-state index contributed by atoms with van der Waals surface area (Å²) >= 11 is 0. The monoisotopic (exact) mass is 291 g/mol. The minimum atomic E-state index is -0.964. The third kappa shape index (κ3) is 4.48. The summed E-state index contributed by atoms with van der Waals surface area (Å²) in [6, 6.07) is 4.97. The summed E-state index contributed by atoms with van der Waals surface area (Å²) in [7, 11) is 0. The number of benzene rings is 1. The Labute approximate surface area is 124 Å². The minimum absolute atomic E-state index is 0.0393. The van der Waals surface area contributed by atoms with Gasteiger partial charge in [-0.05, 0) is 43.5 Å². The molecule has 1 amide bonds. The number of ether oxygens (including phenoxy) is 1. The summed E-state index contributed by atoms with van der Waals surface area (Å²) in [5.41, 5.74) is 0.863. The fourth-order valence-electron chi connectivity index (χ4n) is 2.63. The summed E-state index contributed by atoms with van der Waals surface area (Å²) in [5.74, 6) is -0.577. The van der Waals surface area contributed by atoms with E-state index < -0.39 is 5.97 Å². The molecule has 114 valence electrons. The van der Waals surface area contributed by atoms with Crippen molar-refractivity contribution >= 4 is 11.9 Å². The van der Waals surface area contributed by atoms with E-state index in [4.69, 9.17) is 9.84 Å². The average molecular weight is 291 g/mol. The second kappa shape index (κ2) is 7.11. The molecule has 5 nitrogen and oxygen atoms in total. The predicted octanol–water partition coefficient (Wildman–Crippen LogP) is 2.52. The summed E-state index contributed by atoms with van der Waals surface area (Å²) in [6.07, 6.45) is 5.66. The van der Waals surface area contributed by atoms with Crippen LogP contribution in [0.4, 0.5) is 0 Å². The van der Waals surface area contributed by atoms with Gasteiger partial charge in [0.1, 0.15) is 5.75 Å². The molecule has 5 heteroatoms. The van der Waals surface area contributed by atoms with Gasteiger partial charge in [-0.3, -0.25) is 4.79 Å². The lowest BCUT2D eigenvalue weighted by molar-refractivity contribution is -0.124. The molecule has 0 aromatic heterocycles. The summed E-state index contributed by atoms with van der Waals surface area (Å²) in [5, 5.41) is 11.9. The van der Waals surface area contributed by atoms with Crippen molar-refractivity contribution in [1.82, 2.24) is 5.32 Å². The van der Waals surface area contributed by atoms with Gasteiger partial charge in [-0.2, -0.15) is 0 Å². The molecule has 0 aliphatic heterocycles. The lowest BCUT2D eigenvalue weighted by Gasteiger charge is -2.22. The van der Waals surface area contributed by atoms with Crippen molar-refractivity contribution in [2.24, 2.45) is 0 Å². The number of hydrogen-bond acceptors (Lipinski definition) is 3. The highest BCUT2D eigenvalue weighted by atomic mass is 16.5. The van der Waals surface area contributed by atoms with Crippen LogP contribution < -0.4 is 10.1 Å². The smallest absolute Gasteiger partial charge is 0.335 e. The third-order valence-electron chi connectivity index (χ3n) is 3.77. The van der Waals surface area contributed by atoms with Crippen molar-refractivity contribution in [3.63, 3.8) is 0 Å². The highest BCUT2D eigenvalue weighted by Crippen LogP contribution is 2.18. The first-order chi connectivity index (χ1) is 10.1. The Bertz CT molecular complexity index is 521. The van der Waals surface area contributed by atoms with Crippen LogP contribution in [0.5, 0.6) is 5.75 Å². The standard InChI is InChI=1S/C16H21NO4/c1-11-9-13(7-8-14(11)16(19)20)21-10-15(18)17-12-5-3-2-4-6-12/h7-9,12H,2-6,10H2,1H3,(H,17,18)(H,19,20). The maximum atomic E-state index is 11.8. The van der Waals surface area contributed by atoms with Crippen molar-refractivity contribution in [2.45, 2.75) is 45.1 Å². The molecule has 2 rings (SSSR count). The van der Waals surface area contributed by atoms with Crippen molar-refractivity contribution in [2.75, 3.05) is 6.61 Å². The lowest BCUT2D eigenvalue weighted by Crippen LogP contribution is -2.38. The van der Waals surface area contributed by atoms with E-state index in [-0.39, 0.29) is 24.1 Å². The van der Waals surface area contributed by atoms with E-state index in [1.165, 1.54) is 25.3 Å². The average Bonchev–Trinajstić information content (AvgIpc) is 2.46. The molecule has 21 heavy (non-hydrogen) atoms. The number of carboxylic acids is 1. The Morgan fingerprint density at radius 3 is 2.62 bits per heavy atom. The molecule has 0 atom stereocenters. The zero-order valence-corrected chi connectivity index (χ0v) is 12.2. The first kappa shape index (κ1) is 15.4. The number of carboxylic acid groups (broad SMARTS) is 1. The van der Waals surface area contributed by atoms with Gasteiger partial charge in [-0.15, -0.1) is 0 Å². The van der Waals surface area contributed by atoms with Gasteiger partial charge < -0.3 is 15.2 Å². The molecule has 0 bridgehead atoms. The topological polar surface area (TPSA) is 75.6 Å². The normalized spacial score (nSPS) is 15.5. The SMILES string of the molecule is Cc1cc(OCC(=O)NC2CCCCC2)ccc1C(=O)O. The second-order valence-electron chi connectivity index (χ2n) is 5.47. The summed E-state index contributed by atoms with van der Waals surface area (Å²) < 4.78 is 5.42. The predicted molar refractivity (Wildman–Crippen MR) is 78.6 cm³/mol. The van der Waals surface area contributed by atoms with Crippen LogP contribution in [0.3, 0.4) is 0 Å². The number of nitrogens with one attached hydrogen (secondary N) is 1. The summed E-state index contributed by atoms with van der Waals surface area (Å²) in [4.78, 5) is 22.7. The molecule has 1 aromatic rings. The number of aryl methyl sites for hydroxylation is 1. The fourth-order valence-corrected chi connectivity index (χ4v) is 2.63. The number of hydrogen-bond donors (Lipinski definition) is 2. The lowest BCUT2D eigenvalue weighted by atomic mass is 9.95. The molecule has 0 saturated heterocycles. The van der Waals surface area contributed by atoms with Crippen LogP contribution >= 0.6 is 0 Å². The highest BCUT2D eigenvalue weighted by molar-refractivity contribution is 5.89. The van der Waals surface area contributed by atoms with Gasteiger partial charge in [0, 0.05) is 6.04 Å². The van der Waals surface area contributed by atoms with Gasteiger partial charge in [0.15, 0.2) is 6.61 Å². The molecule has 1 fully saturated rings. The number of amides is 1. The molecule has 0 spiro atoms. The van der Waals surface area contributed by atoms with Crippen LogP contribution in [0.15, 0.2) is 18.2 Å². The van der Waals surface area contributed by atoms with Crippen LogP contribution in [-0.4, -0.2) is 29.6 Å². The highest BCUT2D eigenvalue weighted by Gasteiger charge is 2.16. The fraction of sp³-hybridized carbons (Fsp3) is 0.500. The van der Waals surface area contributed by atoms with Gasteiger partial charge in [-0.1, -0.05) is 19.3 Å². The summed E-state index contributed by atoms with van der Waals surface area (Å²) in [6.45, 7) is 1.67. The van der Waals surface area contributed by atoms with E-state index >= 15 is 0 Å². The Kier molecular flexibility index (Phi) is 5.20. The first-order valence-electron chi connectivity index (χ1n) is 7.32. The van der Waals surface area contributed by atoms with Crippen molar-refractivity contribution in [3.05, 3.63) is 29.3 Å². The maximum absolute atomic E-state index is 11.8. The van der Waals surface area contributed by atoms with Gasteiger partial charge in [-0.25, -0.2) is 4.79 Å². The maximum Gasteiger partial charge on any atom is 0.335 e. The van der Waals surface area contributed by atoms with Gasteiger partial charge in [0.2, 0.25) is 0 Å². The van der Waals surface area contributed by atoms with E-state index in [2.05, 4.69) is 5.32 Å². The van der Waals surface area contributed by atoms with Gasteiger partial charge in [0.25, 0.3) is 5.91 Å². The molecule has 1 saturated carbocycles. The van der Waals surface area contributed by atoms with E-state index in [0.717, 1.165) is 12.8 Å². The molecular formula is C16H21NO4. The largest absolute Gasteiger partial charge is 0.484 e. The number of rotatable bonds is 5. The molecular weight excluding hydrogens is 270 g/mol. The van der Waals surface area contributed by atoms with Crippen LogP contribution in [0.1, 0.15) is 48.0 Å². The van der Waals surface area contributed by atoms with Crippen molar-refractivity contribution in [1.29, 1.82) is 0 Å². The van der Waals surface area contributed by atoms with Crippen LogP contribution in [0.25, 0.3) is 0 Å². The second-order valence-corrected chi connectivity index (χ2v) is 5.47.